The largest absolute Gasteiger partial charge is 0.396 e. The lowest BCUT2D eigenvalue weighted by Crippen LogP contribution is -2.10. The first kappa shape index (κ1) is 6.39. The number of thiol groups is 1. The Hall–Kier alpha value is 0.270. The molecule has 1 aliphatic rings. The minimum absolute atomic E-state index is 0.317. The second kappa shape index (κ2) is 2.71. The molecule has 0 amide bonds. The van der Waals surface area contributed by atoms with E-state index in [2.05, 4.69) is 12.8 Å². The summed E-state index contributed by atoms with van der Waals surface area (Å²) < 4.78 is 1.95. The minimum Gasteiger partial charge on any atom is -0.396 e. The third-order valence-corrected chi connectivity index (χ3v) is 1.89. The Morgan fingerprint density at radius 2 is 2.50 bits per heavy atom. The van der Waals surface area contributed by atoms with E-state index >= 15 is 0 Å². The molecule has 1 N–H and O–H groups in total. The molecule has 0 aliphatic carbocycles. The van der Waals surface area contributed by atoms with Crippen LogP contribution in [0, 0.1) is 5.92 Å². The molecule has 0 bridgehead atoms. The highest BCUT2D eigenvalue weighted by Gasteiger charge is 2.18. The summed E-state index contributed by atoms with van der Waals surface area (Å²) in [5.41, 5.74) is 0. The van der Waals surface area contributed by atoms with Crippen molar-refractivity contribution in [2.75, 3.05) is 19.7 Å². The average molecular weight is 133 g/mol. The van der Waals surface area contributed by atoms with Crippen LogP contribution < -0.4 is 0 Å². The smallest absolute Gasteiger partial charge is 0.0472 e. The van der Waals surface area contributed by atoms with Crippen molar-refractivity contribution in [1.29, 1.82) is 0 Å². The molecule has 1 rings (SSSR count). The molecular weight excluding hydrogens is 122 g/mol. The van der Waals surface area contributed by atoms with Crippen LogP contribution in [0.15, 0.2) is 0 Å². The summed E-state index contributed by atoms with van der Waals surface area (Å²) in [5.74, 6) is 0.479. The lowest BCUT2D eigenvalue weighted by molar-refractivity contribution is 0.234. The maximum atomic E-state index is 8.62. The van der Waals surface area contributed by atoms with Gasteiger partial charge in [-0.15, -0.1) is 0 Å². The first-order valence-corrected chi connectivity index (χ1v) is 3.27. The van der Waals surface area contributed by atoms with Crippen molar-refractivity contribution in [3.63, 3.8) is 0 Å². The van der Waals surface area contributed by atoms with Gasteiger partial charge in [0.05, 0.1) is 0 Å². The maximum absolute atomic E-state index is 8.62. The Morgan fingerprint density at radius 3 is 2.75 bits per heavy atom. The van der Waals surface area contributed by atoms with Gasteiger partial charge in [-0.25, -0.2) is 0 Å². The first-order chi connectivity index (χ1) is 3.83. The van der Waals surface area contributed by atoms with Gasteiger partial charge in [0.2, 0.25) is 0 Å². The van der Waals surface area contributed by atoms with Crippen molar-refractivity contribution >= 4 is 12.8 Å². The van der Waals surface area contributed by atoms with Gasteiger partial charge >= 0.3 is 0 Å². The minimum atomic E-state index is 0.317. The van der Waals surface area contributed by atoms with Gasteiger partial charge in [-0.1, -0.05) is 12.8 Å². The first-order valence-electron chi connectivity index (χ1n) is 2.87. The van der Waals surface area contributed by atoms with Gasteiger partial charge < -0.3 is 5.11 Å². The van der Waals surface area contributed by atoms with Gasteiger partial charge in [0, 0.05) is 19.7 Å². The summed E-state index contributed by atoms with van der Waals surface area (Å²) in [6.45, 7) is 2.28. The SMILES string of the molecule is OCC1CCN(S)C1. The molecule has 0 spiro atoms. The molecule has 1 atom stereocenters. The predicted octanol–water partition coefficient (Wildman–Crippen LogP) is 0.145. The van der Waals surface area contributed by atoms with E-state index in [4.69, 9.17) is 5.11 Å². The lowest BCUT2D eigenvalue weighted by Gasteiger charge is -2.03. The molecule has 3 heteroatoms. The number of rotatable bonds is 1. The van der Waals surface area contributed by atoms with Crippen LogP contribution in [0.1, 0.15) is 6.42 Å². The Morgan fingerprint density at radius 1 is 1.75 bits per heavy atom. The second-order valence-corrected chi connectivity index (χ2v) is 2.82. The van der Waals surface area contributed by atoms with E-state index in [0.717, 1.165) is 19.5 Å². The maximum Gasteiger partial charge on any atom is 0.0472 e. The predicted molar refractivity (Wildman–Crippen MR) is 35.8 cm³/mol. The average Bonchev–Trinajstić information content (AvgIpc) is 2.14. The van der Waals surface area contributed by atoms with Crippen LogP contribution in [-0.2, 0) is 0 Å². The van der Waals surface area contributed by atoms with Crippen LogP contribution in [0.25, 0.3) is 0 Å². The number of hydrogen-bond donors (Lipinski definition) is 2. The van der Waals surface area contributed by atoms with E-state index in [9.17, 15) is 0 Å². The van der Waals surface area contributed by atoms with Gasteiger partial charge in [0.15, 0.2) is 0 Å². The summed E-state index contributed by atoms with van der Waals surface area (Å²) in [5, 5.41) is 8.62. The van der Waals surface area contributed by atoms with Crippen molar-refractivity contribution in [2.24, 2.45) is 5.92 Å². The molecule has 48 valence electrons. The molecule has 8 heavy (non-hydrogen) atoms. The fraction of sp³-hybridized carbons (Fsp3) is 1.00. The summed E-state index contributed by atoms with van der Waals surface area (Å²) in [4.78, 5) is 0. The summed E-state index contributed by atoms with van der Waals surface area (Å²) in [6.07, 6.45) is 1.10. The zero-order chi connectivity index (χ0) is 5.98. The zero-order valence-electron chi connectivity index (χ0n) is 4.75. The number of hydrogen-bond acceptors (Lipinski definition) is 3. The number of nitrogens with zero attached hydrogens (tertiary/aromatic N) is 1. The zero-order valence-corrected chi connectivity index (χ0v) is 5.64. The molecule has 1 heterocycles. The van der Waals surface area contributed by atoms with E-state index in [1.165, 1.54) is 0 Å². The van der Waals surface area contributed by atoms with E-state index in [-0.39, 0.29) is 0 Å². The third-order valence-electron chi connectivity index (χ3n) is 1.52. The Bertz CT molecular complexity index is 78.8. The molecule has 0 aromatic heterocycles. The molecule has 0 aromatic carbocycles. The number of aliphatic hydroxyl groups excluding tert-OH is 1. The molecule has 0 radical (unpaired) electrons. The highest BCUT2D eigenvalue weighted by Crippen LogP contribution is 2.15. The van der Waals surface area contributed by atoms with Crippen LogP contribution >= 0.6 is 12.8 Å². The Labute approximate surface area is 55.0 Å². The van der Waals surface area contributed by atoms with E-state index in [0.29, 0.717) is 12.5 Å². The van der Waals surface area contributed by atoms with Crippen molar-refractivity contribution in [3.8, 4) is 0 Å². The van der Waals surface area contributed by atoms with Gasteiger partial charge in [0.1, 0.15) is 0 Å². The molecule has 0 aromatic rings. The standard InChI is InChI=1S/C5H11NOS/c7-4-5-1-2-6(8)3-5/h5,7-8H,1-4H2. The van der Waals surface area contributed by atoms with Gasteiger partial charge in [0.25, 0.3) is 0 Å². The Kier molecular flexibility index (Phi) is 2.16. The fourth-order valence-electron chi connectivity index (χ4n) is 0.961. The van der Waals surface area contributed by atoms with E-state index in [1.54, 1.807) is 0 Å². The molecule has 1 saturated heterocycles. The van der Waals surface area contributed by atoms with Crippen LogP contribution in [0.4, 0.5) is 0 Å². The number of aliphatic hydroxyl groups is 1. The summed E-state index contributed by atoms with van der Waals surface area (Å²) in [6, 6.07) is 0. The molecule has 0 saturated carbocycles. The quantitative estimate of drug-likeness (QED) is 0.497. The van der Waals surface area contributed by atoms with Crippen molar-refractivity contribution in [1.82, 2.24) is 4.31 Å². The highest BCUT2D eigenvalue weighted by atomic mass is 32.1. The van der Waals surface area contributed by atoms with Crippen molar-refractivity contribution < 1.29 is 5.11 Å². The normalized spacial score (nSPS) is 31.5. The monoisotopic (exact) mass is 133 g/mol. The van der Waals surface area contributed by atoms with Crippen LogP contribution in [0.3, 0.4) is 0 Å². The van der Waals surface area contributed by atoms with E-state index < -0.39 is 0 Å². The van der Waals surface area contributed by atoms with Crippen LogP contribution in [0.2, 0.25) is 0 Å². The third kappa shape index (κ3) is 1.37. The lowest BCUT2D eigenvalue weighted by atomic mass is 10.1. The van der Waals surface area contributed by atoms with Gasteiger partial charge in [-0.3, -0.25) is 4.31 Å². The molecule has 1 fully saturated rings. The highest BCUT2D eigenvalue weighted by molar-refractivity contribution is 7.77. The van der Waals surface area contributed by atoms with Crippen molar-refractivity contribution in [3.05, 3.63) is 0 Å². The molecule has 1 unspecified atom stereocenters. The fourth-order valence-corrected chi connectivity index (χ4v) is 1.31. The topological polar surface area (TPSA) is 23.5 Å². The Balaban J connectivity index is 2.22. The summed E-state index contributed by atoms with van der Waals surface area (Å²) in [7, 11) is 0. The molecular formula is C5H11NOS. The van der Waals surface area contributed by atoms with Crippen LogP contribution in [0.5, 0.6) is 0 Å². The molecule has 1 aliphatic heterocycles. The van der Waals surface area contributed by atoms with Crippen molar-refractivity contribution in [2.45, 2.75) is 6.42 Å². The van der Waals surface area contributed by atoms with E-state index in [1.807, 2.05) is 4.31 Å². The molecule has 2 nitrogen and oxygen atoms in total. The second-order valence-electron chi connectivity index (χ2n) is 2.25. The van der Waals surface area contributed by atoms with Gasteiger partial charge in [-0.05, 0) is 12.3 Å². The summed E-state index contributed by atoms with van der Waals surface area (Å²) >= 11 is 4.13. The van der Waals surface area contributed by atoms with Gasteiger partial charge in [-0.2, -0.15) is 0 Å². The van der Waals surface area contributed by atoms with Crippen LogP contribution in [-0.4, -0.2) is 29.1 Å².